The van der Waals surface area contributed by atoms with Gasteiger partial charge in [0.15, 0.2) is 0 Å². The lowest BCUT2D eigenvalue weighted by molar-refractivity contribution is 0.0698. The molecule has 2 N–H and O–H groups in total. The summed E-state index contributed by atoms with van der Waals surface area (Å²) in [5.41, 5.74) is 7.29. The average Bonchev–Trinajstić information content (AvgIpc) is 2.46. The molecule has 0 atom stereocenters. The van der Waals surface area contributed by atoms with Crippen LogP contribution in [0.2, 0.25) is 0 Å². The van der Waals surface area contributed by atoms with Gasteiger partial charge in [-0.1, -0.05) is 31.2 Å². The highest BCUT2D eigenvalue weighted by molar-refractivity contribution is 6.03. The van der Waals surface area contributed by atoms with Crippen LogP contribution in [0.3, 0.4) is 0 Å². The van der Waals surface area contributed by atoms with E-state index in [-0.39, 0.29) is 5.91 Å². The molecule has 3 heteroatoms. The standard InChI is InChI=1S/C17H20N2O/c1-12-6-8-19(9-7-12)17(20)15-10-13-4-2-3-5-14(13)11-16(15)18/h2-5,10-12H,6-9,18H2,1H3. The third-order valence-corrected chi connectivity index (χ3v) is 4.22. The van der Waals surface area contributed by atoms with E-state index in [9.17, 15) is 4.79 Å². The molecule has 0 bridgehead atoms. The van der Waals surface area contributed by atoms with Gasteiger partial charge in [0, 0.05) is 18.8 Å². The number of benzene rings is 2. The van der Waals surface area contributed by atoms with Gasteiger partial charge in [-0.15, -0.1) is 0 Å². The minimum atomic E-state index is 0.0696. The fourth-order valence-electron chi connectivity index (χ4n) is 2.83. The van der Waals surface area contributed by atoms with Crippen LogP contribution in [0.25, 0.3) is 10.8 Å². The van der Waals surface area contributed by atoms with Gasteiger partial charge in [-0.3, -0.25) is 4.79 Å². The Morgan fingerprint density at radius 1 is 1.15 bits per heavy atom. The molecule has 1 fully saturated rings. The van der Waals surface area contributed by atoms with Crippen LogP contribution in [0, 0.1) is 5.92 Å². The number of nitrogens with two attached hydrogens (primary N) is 1. The van der Waals surface area contributed by atoms with Crippen molar-refractivity contribution in [1.82, 2.24) is 4.90 Å². The van der Waals surface area contributed by atoms with Crippen LogP contribution in [0.1, 0.15) is 30.1 Å². The topological polar surface area (TPSA) is 46.3 Å². The summed E-state index contributed by atoms with van der Waals surface area (Å²) in [5, 5.41) is 2.14. The van der Waals surface area contributed by atoms with E-state index in [1.807, 2.05) is 41.3 Å². The van der Waals surface area contributed by atoms with E-state index in [0.717, 1.165) is 36.7 Å². The van der Waals surface area contributed by atoms with Gasteiger partial charge in [0.05, 0.1) is 5.56 Å². The van der Waals surface area contributed by atoms with Crippen LogP contribution in [0.4, 0.5) is 5.69 Å². The number of piperidine rings is 1. The van der Waals surface area contributed by atoms with E-state index in [1.165, 1.54) is 0 Å². The molecule has 1 saturated heterocycles. The number of anilines is 1. The van der Waals surface area contributed by atoms with Gasteiger partial charge in [-0.2, -0.15) is 0 Å². The lowest BCUT2D eigenvalue weighted by Gasteiger charge is -2.30. The van der Waals surface area contributed by atoms with Crippen molar-refractivity contribution in [3.05, 3.63) is 42.0 Å². The van der Waals surface area contributed by atoms with Gasteiger partial charge in [-0.25, -0.2) is 0 Å². The van der Waals surface area contributed by atoms with Gasteiger partial charge in [-0.05, 0) is 41.7 Å². The summed E-state index contributed by atoms with van der Waals surface area (Å²) in [5.74, 6) is 0.785. The van der Waals surface area contributed by atoms with Gasteiger partial charge >= 0.3 is 0 Å². The highest BCUT2D eigenvalue weighted by atomic mass is 16.2. The molecule has 2 aromatic carbocycles. The van der Waals surface area contributed by atoms with Crippen molar-refractivity contribution in [3.8, 4) is 0 Å². The summed E-state index contributed by atoms with van der Waals surface area (Å²) in [6, 6.07) is 11.8. The number of nitrogen functional groups attached to an aromatic ring is 1. The van der Waals surface area contributed by atoms with E-state index in [0.29, 0.717) is 17.2 Å². The smallest absolute Gasteiger partial charge is 0.255 e. The van der Waals surface area contributed by atoms with E-state index in [2.05, 4.69) is 6.92 Å². The maximum Gasteiger partial charge on any atom is 0.255 e. The van der Waals surface area contributed by atoms with Crippen LogP contribution in [0.15, 0.2) is 36.4 Å². The molecule has 1 aliphatic rings. The lowest BCUT2D eigenvalue weighted by Crippen LogP contribution is -2.38. The fraction of sp³-hybridized carbons (Fsp3) is 0.353. The molecule has 0 aromatic heterocycles. The molecule has 0 radical (unpaired) electrons. The highest BCUT2D eigenvalue weighted by Gasteiger charge is 2.23. The Bertz CT molecular complexity index is 642. The van der Waals surface area contributed by atoms with Crippen molar-refractivity contribution >= 4 is 22.4 Å². The molecule has 20 heavy (non-hydrogen) atoms. The zero-order chi connectivity index (χ0) is 14.1. The number of fused-ring (bicyclic) bond motifs is 1. The minimum Gasteiger partial charge on any atom is -0.398 e. The zero-order valence-electron chi connectivity index (χ0n) is 11.8. The molecule has 0 spiro atoms. The number of carbonyl (C=O) groups is 1. The first-order valence-corrected chi connectivity index (χ1v) is 7.22. The number of rotatable bonds is 1. The summed E-state index contributed by atoms with van der Waals surface area (Å²) in [6.07, 6.45) is 2.17. The predicted molar refractivity (Wildman–Crippen MR) is 82.7 cm³/mol. The van der Waals surface area contributed by atoms with Crippen molar-refractivity contribution in [3.63, 3.8) is 0 Å². The van der Waals surface area contributed by atoms with E-state index in [4.69, 9.17) is 5.73 Å². The quantitative estimate of drug-likeness (QED) is 0.807. The molecular weight excluding hydrogens is 248 g/mol. The molecule has 1 heterocycles. The van der Waals surface area contributed by atoms with Crippen LogP contribution in [0.5, 0.6) is 0 Å². The second kappa shape index (κ2) is 5.16. The molecule has 0 unspecified atom stereocenters. The first-order chi connectivity index (χ1) is 9.65. The maximum atomic E-state index is 12.6. The molecule has 0 aliphatic carbocycles. The summed E-state index contributed by atoms with van der Waals surface area (Å²) in [6.45, 7) is 3.92. The Kier molecular flexibility index (Phi) is 3.35. The predicted octanol–water partition coefficient (Wildman–Crippen LogP) is 3.29. The SMILES string of the molecule is CC1CCN(C(=O)c2cc3ccccc3cc2N)CC1. The average molecular weight is 268 g/mol. The van der Waals surface area contributed by atoms with E-state index < -0.39 is 0 Å². The van der Waals surface area contributed by atoms with Crippen LogP contribution in [-0.4, -0.2) is 23.9 Å². The Morgan fingerprint density at radius 3 is 2.40 bits per heavy atom. The fourth-order valence-corrected chi connectivity index (χ4v) is 2.83. The normalized spacial score (nSPS) is 16.6. The third kappa shape index (κ3) is 2.36. The highest BCUT2D eigenvalue weighted by Crippen LogP contribution is 2.25. The first-order valence-electron chi connectivity index (χ1n) is 7.22. The molecule has 3 nitrogen and oxygen atoms in total. The number of amides is 1. The van der Waals surface area contributed by atoms with Crippen LogP contribution >= 0.6 is 0 Å². The number of nitrogens with zero attached hydrogens (tertiary/aromatic N) is 1. The number of likely N-dealkylation sites (tertiary alicyclic amines) is 1. The van der Waals surface area contributed by atoms with Gasteiger partial charge in [0.2, 0.25) is 0 Å². The van der Waals surface area contributed by atoms with Crippen molar-refractivity contribution in [2.45, 2.75) is 19.8 Å². The minimum absolute atomic E-state index is 0.0696. The molecule has 3 rings (SSSR count). The van der Waals surface area contributed by atoms with Gasteiger partial charge in [0.25, 0.3) is 5.91 Å². The van der Waals surface area contributed by atoms with Crippen molar-refractivity contribution in [1.29, 1.82) is 0 Å². The Hall–Kier alpha value is -2.03. The monoisotopic (exact) mass is 268 g/mol. The second-order valence-corrected chi connectivity index (χ2v) is 5.76. The molecule has 104 valence electrons. The van der Waals surface area contributed by atoms with E-state index >= 15 is 0 Å². The zero-order valence-corrected chi connectivity index (χ0v) is 11.8. The molecule has 1 aliphatic heterocycles. The van der Waals surface area contributed by atoms with Crippen molar-refractivity contribution in [2.75, 3.05) is 18.8 Å². The first kappa shape index (κ1) is 13.0. The number of carbonyl (C=O) groups excluding carboxylic acids is 1. The Labute approximate surface area is 119 Å². The van der Waals surface area contributed by atoms with Crippen LogP contribution in [-0.2, 0) is 0 Å². The third-order valence-electron chi connectivity index (χ3n) is 4.22. The van der Waals surface area contributed by atoms with Crippen molar-refractivity contribution < 1.29 is 4.79 Å². The summed E-state index contributed by atoms with van der Waals surface area (Å²) >= 11 is 0. The van der Waals surface area contributed by atoms with E-state index in [1.54, 1.807) is 0 Å². The summed E-state index contributed by atoms with van der Waals surface area (Å²) in [7, 11) is 0. The number of hydrogen-bond acceptors (Lipinski definition) is 2. The summed E-state index contributed by atoms with van der Waals surface area (Å²) < 4.78 is 0. The van der Waals surface area contributed by atoms with Gasteiger partial charge < -0.3 is 10.6 Å². The molecular formula is C17H20N2O. The largest absolute Gasteiger partial charge is 0.398 e. The Morgan fingerprint density at radius 2 is 1.75 bits per heavy atom. The summed E-state index contributed by atoms with van der Waals surface area (Å²) in [4.78, 5) is 14.5. The lowest BCUT2D eigenvalue weighted by atomic mass is 9.98. The van der Waals surface area contributed by atoms with Crippen LogP contribution < -0.4 is 5.73 Å². The molecule has 1 amide bonds. The molecule has 2 aromatic rings. The second-order valence-electron chi connectivity index (χ2n) is 5.76. The van der Waals surface area contributed by atoms with Gasteiger partial charge in [0.1, 0.15) is 0 Å². The Balaban J connectivity index is 1.93. The maximum absolute atomic E-state index is 12.6. The molecule has 0 saturated carbocycles. The van der Waals surface area contributed by atoms with Crippen molar-refractivity contribution in [2.24, 2.45) is 5.92 Å². The number of hydrogen-bond donors (Lipinski definition) is 1.